The molecule has 1 aromatic rings. The maximum atomic E-state index is 9.81. The van der Waals surface area contributed by atoms with Gasteiger partial charge in [0, 0.05) is 37.0 Å². The molecular weight excluding hydrogens is 264 g/mol. The van der Waals surface area contributed by atoms with Gasteiger partial charge in [0.05, 0.1) is 6.10 Å². The van der Waals surface area contributed by atoms with Gasteiger partial charge < -0.3 is 15.3 Å². The van der Waals surface area contributed by atoms with Gasteiger partial charge in [-0.25, -0.2) is 9.97 Å². The standard InChI is InChI=1S/C16H26N4O/c1-4-17-14-10(2)16(19-15(18-14)12-5-6-12)20-8-7-13(9-20)11(3)21/h11-13,21H,4-9H2,1-3H3,(H,17,18,19). The van der Waals surface area contributed by atoms with Gasteiger partial charge in [0.25, 0.3) is 0 Å². The predicted molar refractivity (Wildman–Crippen MR) is 84.9 cm³/mol. The molecule has 2 fully saturated rings. The van der Waals surface area contributed by atoms with Crippen molar-refractivity contribution in [3.8, 4) is 0 Å². The number of aromatic nitrogens is 2. The predicted octanol–water partition coefficient (Wildman–Crippen LogP) is 2.30. The van der Waals surface area contributed by atoms with E-state index in [4.69, 9.17) is 9.97 Å². The van der Waals surface area contributed by atoms with Gasteiger partial charge in [-0.2, -0.15) is 0 Å². The smallest absolute Gasteiger partial charge is 0.137 e. The topological polar surface area (TPSA) is 61.3 Å². The molecule has 2 N–H and O–H groups in total. The zero-order valence-electron chi connectivity index (χ0n) is 13.3. The highest BCUT2D eigenvalue weighted by Gasteiger charge is 2.32. The van der Waals surface area contributed by atoms with Crippen molar-refractivity contribution in [1.82, 2.24) is 9.97 Å². The van der Waals surface area contributed by atoms with Gasteiger partial charge in [0.2, 0.25) is 0 Å². The Morgan fingerprint density at radius 2 is 2.10 bits per heavy atom. The minimum Gasteiger partial charge on any atom is -0.393 e. The fourth-order valence-corrected chi connectivity index (χ4v) is 3.07. The molecule has 0 radical (unpaired) electrons. The lowest BCUT2D eigenvalue weighted by atomic mass is 10.0. The molecule has 1 saturated carbocycles. The highest BCUT2D eigenvalue weighted by atomic mass is 16.3. The molecule has 2 aliphatic rings. The second-order valence-electron chi connectivity index (χ2n) is 6.42. The second kappa shape index (κ2) is 5.79. The molecule has 0 bridgehead atoms. The van der Waals surface area contributed by atoms with Crippen LogP contribution in [0.5, 0.6) is 0 Å². The van der Waals surface area contributed by atoms with Crippen molar-refractivity contribution in [3.05, 3.63) is 11.4 Å². The Hall–Kier alpha value is -1.36. The lowest BCUT2D eigenvalue weighted by Gasteiger charge is -2.22. The molecule has 1 aliphatic heterocycles. The van der Waals surface area contributed by atoms with E-state index in [-0.39, 0.29) is 6.10 Å². The van der Waals surface area contributed by atoms with Crippen LogP contribution in [0.1, 0.15) is 50.4 Å². The number of hydrogen-bond acceptors (Lipinski definition) is 5. The summed E-state index contributed by atoms with van der Waals surface area (Å²) in [7, 11) is 0. The first kappa shape index (κ1) is 14.6. The van der Waals surface area contributed by atoms with Crippen molar-refractivity contribution in [1.29, 1.82) is 0 Å². The molecule has 5 nitrogen and oxygen atoms in total. The summed E-state index contributed by atoms with van der Waals surface area (Å²) in [6.45, 7) is 8.82. The molecule has 2 unspecified atom stereocenters. The number of nitrogens with one attached hydrogen (secondary N) is 1. The third-order valence-electron chi connectivity index (χ3n) is 4.63. The van der Waals surface area contributed by atoms with Crippen LogP contribution in [-0.2, 0) is 0 Å². The number of aliphatic hydroxyl groups is 1. The Morgan fingerprint density at radius 3 is 2.67 bits per heavy atom. The minimum absolute atomic E-state index is 0.242. The third kappa shape index (κ3) is 2.98. The van der Waals surface area contributed by atoms with Gasteiger partial charge in [-0.3, -0.25) is 0 Å². The molecule has 0 amide bonds. The first-order chi connectivity index (χ1) is 10.1. The normalized spacial score (nSPS) is 23.4. The SMILES string of the molecule is CCNc1nc(C2CC2)nc(N2CCC(C(C)O)C2)c1C. The zero-order valence-corrected chi connectivity index (χ0v) is 13.3. The molecule has 3 rings (SSSR count). The van der Waals surface area contributed by atoms with Gasteiger partial charge in [-0.05, 0) is 40.0 Å². The summed E-state index contributed by atoms with van der Waals surface area (Å²) in [6, 6.07) is 0. The van der Waals surface area contributed by atoms with Crippen LogP contribution in [0.3, 0.4) is 0 Å². The highest BCUT2D eigenvalue weighted by molar-refractivity contribution is 5.59. The molecule has 0 spiro atoms. The maximum Gasteiger partial charge on any atom is 0.137 e. The van der Waals surface area contributed by atoms with E-state index in [0.29, 0.717) is 11.8 Å². The van der Waals surface area contributed by atoms with Gasteiger partial charge >= 0.3 is 0 Å². The Labute approximate surface area is 126 Å². The van der Waals surface area contributed by atoms with Crippen LogP contribution in [-0.4, -0.2) is 40.8 Å². The number of nitrogens with zero attached hydrogens (tertiary/aromatic N) is 3. The number of anilines is 2. The van der Waals surface area contributed by atoms with Crippen LogP contribution < -0.4 is 10.2 Å². The molecular formula is C16H26N4O. The summed E-state index contributed by atoms with van der Waals surface area (Å²) in [5.74, 6) is 3.94. The molecule has 116 valence electrons. The molecule has 2 heterocycles. The molecule has 2 atom stereocenters. The van der Waals surface area contributed by atoms with E-state index >= 15 is 0 Å². The van der Waals surface area contributed by atoms with E-state index in [2.05, 4.69) is 24.1 Å². The summed E-state index contributed by atoms with van der Waals surface area (Å²) < 4.78 is 0. The Kier molecular flexibility index (Phi) is 4.02. The van der Waals surface area contributed by atoms with E-state index in [1.165, 1.54) is 12.8 Å². The molecule has 21 heavy (non-hydrogen) atoms. The minimum atomic E-state index is -0.242. The fourth-order valence-electron chi connectivity index (χ4n) is 3.07. The van der Waals surface area contributed by atoms with Crippen LogP contribution in [0.25, 0.3) is 0 Å². The monoisotopic (exact) mass is 290 g/mol. The maximum absolute atomic E-state index is 9.81. The molecule has 0 aromatic carbocycles. The van der Waals surface area contributed by atoms with Gasteiger partial charge in [-0.15, -0.1) is 0 Å². The largest absolute Gasteiger partial charge is 0.393 e. The Morgan fingerprint density at radius 1 is 1.33 bits per heavy atom. The Bertz CT molecular complexity index is 513. The van der Waals surface area contributed by atoms with Crippen molar-refractivity contribution >= 4 is 11.6 Å². The molecule has 1 aliphatic carbocycles. The lowest BCUT2D eigenvalue weighted by molar-refractivity contribution is 0.136. The summed E-state index contributed by atoms with van der Waals surface area (Å²) in [5.41, 5.74) is 1.13. The van der Waals surface area contributed by atoms with Crippen molar-refractivity contribution < 1.29 is 5.11 Å². The molecule has 5 heteroatoms. The van der Waals surface area contributed by atoms with Crippen molar-refractivity contribution in [3.63, 3.8) is 0 Å². The summed E-state index contributed by atoms with van der Waals surface area (Å²) in [5, 5.41) is 13.2. The van der Waals surface area contributed by atoms with Gasteiger partial charge in [0.1, 0.15) is 17.5 Å². The first-order valence-electron chi connectivity index (χ1n) is 8.15. The van der Waals surface area contributed by atoms with Crippen LogP contribution in [0.4, 0.5) is 11.6 Å². The quantitative estimate of drug-likeness (QED) is 0.871. The van der Waals surface area contributed by atoms with Crippen molar-refractivity contribution in [2.45, 2.75) is 52.1 Å². The van der Waals surface area contributed by atoms with E-state index in [1.54, 1.807) is 0 Å². The van der Waals surface area contributed by atoms with Gasteiger partial charge in [0.15, 0.2) is 0 Å². The summed E-state index contributed by atoms with van der Waals surface area (Å²) in [4.78, 5) is 11.9. The molecule has 1 saturated heterocycles. The second-order valence-corrected chi connectivity index (χ2v) is 6.42. The van der Waals surface area contributed by atoms with E-state index in [0.717, 1.165) is 49.1 Å². The van der Waals surface area contributed by atoms with E-state index in [1.807, 2.05) is 6.92 Å². The zero-order chi connectivity index (χ0) is 15.0. The number of rotatable bonds is 5. The lowest BCUT2D eigenvalue weighted by Crippen LogP contribution is -2.26. The van der Waals surface area contributed by atoms with Crippen LogP contribution in [0.2, 0.25) is 0 Å². The fraction of sp³-hybridized carbons (Fsp3) is 0.750. The summed E-state index contributed by atoms with van der Waals surface area (Å²) >= 11 is 0. The van der Waals surface area contributed by atoms with Crippen LogP contribution in [0.15, 0.2) is 0 Å². The van der Waals surface area contributed by atoms with Crippen LogP contribution in [0, 0.1) is 12.8 Å². The highest BCUT2D eigenvalue weighted by Crippen LogP contribution is 2.40. The van der Waals surface area contributed by atoms with Gasteiger partial charge in [-0.1, -0.05) is 0 Å². The number of aliphatic hydroxyl groups excluding tert-OH is 1. The van der Waals surface area contributed by atoms with E-state index < -0.39 is 0 Å². The summed E-state index contributed by atoms with van der Waals surface area (Å²) in [6.07, 6.45) is 3.22. The van der Waals surface area contributed by atoms with Crippen LogP contribution >= 0.6 is 0 Å². The number of hydrogen-bond donors (Lipinski definition) is 2. The average molecular weight is 290 g/mol. The van der Waals surface area contributed by atoms with Crippen molar-refractivity contribution in [2.24, 2.45) is 5.92 Å². The van der Waals surface area contributed by atoms with E-state index in [9.17, 15) is 5.11 Å². The third-order valence-corrected chi connectivity index (χ3v) is 4.63. The Balaban J connectivity index is 1.89. The average Bonchev–Trinajstić information content (AvgIpc) is 3.18. The first-order valence-corrected chi connectivity index (χ1v) is 8.15. The van der Waals surface area contributed by atoms with Crippen molar-refractivity contribution in [2.75, 3.05) is 29.9 Å². The molecule has 1 aromatic heterocycles.